The van der Waals surface area contributed by atoms with Crippen molar-refractivity contribution in [3.8, 4) is 0 Å². The third-order valence-corrected chi connectivity index (χ3v) is 2.78. The topological polar surface area (TPSA) is 57.8 Å². The van der Waals surface area contributed by atoms with E-state index in [0.717, 1.165) is 0 Å². The maximum Gasteiger partial charge on any atom is 0.225 e. The molecular formula is C6H6O4. The summed E-state index contributed by atoms with van der Waals surface area (Å²) in [6.45, 7) is 0. The molecule has 1 saturated carbocycles. The third-order valence-electron chi connectivity index (χ3n) is 2.78. The standard InChI is InChI=1S/C6H6O4/c7-6-4-2(9-4)1-3(8-1)5(6)10-6/h1-5,7H. The van der Waals surface area contributed by atoms with Crippen molar-refractivity contribution >= 4 is 0 Å². The highest BCUT2D eigenvalue weighted by atomic mass is 16.8. The van der Waals surface area contributed by atoms with Crippen LogP contribution in [0.4, 0.5) is 0 Å². The fraction of sp³-hybridized carbons (Fsp3) is 1.00. The molecule has 3 saturated heterocycles. The molecule has 3 aliphatic heterocycles. The van der Waals surface area contributed by atoms with E-state index in [2.05, 4.69) is 0 Å². The van der Waals surface area contributed by atoms with Crippen LogP contribution in [0.25, 0.3) is 0 Å². The molecule has 0 aromatic rings. The zero-order valence-corrected chi connectivity index (χ0v) is 5.06. The van der Waals surface area contributed by atoms with Crippen LogP contribution in [0.15, 0.2) is 0 Å². The molecule has 6 unspecified atom stereocenters. The van der Waals surface area contributed by atoms with E-state index in [1.165, 1.54) is 0 Å². The summed E-state index contributed by atoms with van der Waals surface area (Å²) >= 11 is 0. The summed E-state index contributed by atoms with van der Waals surface area (Å²) in [5.41, 5.74) is 0. The maximum atomic E-state index is 9.53. The van der Waals surface area contributed by atoms with Crippen molar-refractivity contribution in [2.75, 3.05) is 0 Å². The van der Waals surface area contributed by atoms with Gasteiger partial charge in [0.1, 0.15) is 30.5 Å². The first-order chi connectivity index (χ1) is 4.81. The Labute approximate surface area is 56.7 Å². The van der Waals surface area contributed by atoms with Crippen LogP contribution in [0.2, 0.25) is 0 Å². The fourth-order valence-corrected chi connectivity index (χ4v) is 2.05. The van der Waals surface area contributed by atoms with Gasteiger partial charge in [0.25, 0.3) is 0 Å². The number of ether oxygens (including phenoxy) is 3. The van der Waals surface area contributed by atoms with Gasteiger partial charge in [-0.2, -0.15) is 0 Å². The molecule has 1 aliphatic carbocycles. The zero-order chi connectivity index (χ0) is 6.51. The van der Waals surface area contributed by atoms with Gasteiger partial charge in [0, 0.05) is 0 Å². The molecule has 4 heteroatoms. The second-order valence-corrected chi connectivity index (χ2v) is 3.38. The Hall–Kier alpha value is -0.160. The van der Waals surface area contributed by atoms with Gasteiger partial charge in [-0.1, -0.05) is 0 Å². The smallest absolute Gasteiger partial charge is 0.225 e. The quantitative estimate of drug-likeness (QED) is 0.423. The summed E-state index contributed by atoms with van der Waals surface area (Å²) in [6.07, 6.45) is 0.336. The molecule has 54 valence electrons. The number of hydrogen-bond donors (Lipinski definition) is 1. The third kappa shape index (κ3) is 0.302. The molecule has 0 bridgehead atoms. The van der Waals surface area contributed by atoms with Gasteiger partial charge in [0.05, 0.1) is 0 Å². The minimum Gasteiger partial charge on any atom is -0.364 e. The van der Waals surface area contributed by atoms with Crippen LogP contribution in [0.1, 0.15) is 0 Å². The first-order valence-corrected chi connectivity index (χ1v) is 3.52. The molecule has 4 aliphatic rings. The van der Waals surface area contributed by atoms with Crippen molar-refractivity contribution in [2.24, 2.45) is 0 Å². The normalized spacial score (nSPS) is 80.7. The van der Waals surface area contributed by atoms with Gasteiger partial charge in [0.2, 0.25) is 5.79 Å². The number of epoxide rings is 3. The van der Waals surface area contributed by atoms with Crippen LogP contribution in [0.3, 0.4) is 0 Å². The Morgan fingerprint density at radius 2 is 1.80 bits per heavy atom. The molecule has 0 radical (unpaired) electrons. The highest BCUT2D eigenvalue weighted by Crippen LogP contribution is 2.61. The van der Waals surface area contributed by atoms with Gasteiger partial charge >= 0.3 is 0 Å². The Balaban J connectivity index is 1.84. The average molecular weight is 142 g/mol. The first kappa shape index (κ1) is 4.66. The Bertz CT molecular complexity index is 220. The summed E-state index contributed by atoms with van der Waals surface area (Å²) in [7, 11) is 0. The van der Waals surface area contributed by atoms with Gasteiger partial charge < -0.3 is 19.3 Å². The van der Waals surface area contributed by atoms with Crippen LogP contribution >= 0.6 is 0 Å². The van der Waals surface area contributed by atoms with E-state index in [-0.39, 0.29) is 30.5 Å². The number of hydrogen-bond acceptors (Lipinski definition) is 4. The predicted molar refractivity (Wildman–Crippen MR) is 27.1 cm³/mol. The second kappa shape index (κ2) is 0.956. The van der Waals surface area contributed by atoms with Crippen LogP contribution in [-0.2, 0) is 14.2 Å². The van der Waals surface area contributed by atoms with Crippen molar-refractivity contribution in [1.29, 1.82) is 0 Å². The molecule has 10 heavy (non-hydrogen) atoms. The Kier molecular flexibility index (Phi) is 0.446. The van der Waals surface area contributed by atoms with Crippen LogP contribution in [-0.4, -0.2) is 41.4 Å². The number of fused-ring (bicyclic) bond motifs is 6. The van der Waals surface area contributed by atoms with Crippen LogP contribution < -0.4 is 0 Å². The van der Waals surface area contributed by atoms with E-state index in [1.807, 2.05) is 0 Å². The Morgan fingerprint density at radius 1 is 1.00 bits per heavy atom. The predicted octanol–water partition coefficient (Wildman–Crippen LogP) is -1.38. The minimum absolute atomic E-state index is 0.0822. The Morgan fingerprint density at radius 3 is 2.70 bits per heavy atom. The average Bonchev–Trinajstić information content (AvgIpc) is 2.64. The molecule has 0 aromatic heterocycles. The molecule has 0 spiro atoms. The van der Waals surface area contributed by atoms with Crippen LogP contribution in [0.5, 0.6) is 0 Å². The molecular weight excluding hydrogens is 136 g/mol. The summed E-state index contributed by atoms with van der Waals surface area (Å²) in [5, 5.41) is 9.53. The summed E-state index contributed by atoms with van der Waals surface area (Å²) < 4.78 is 15.5. The molecule has 0 aromatic carbocycles. The fourth-order valence-electron chi connectivity index (χ4n) is 2.05. The highest BCUT2D eigenvalue weighted by molar-refractivity contribution is 5.26. The van der Waals surface area contributed by atoms with Crippen LogP contribution in [0, 0.1) is 0 Å². The lowest BCUT2D eigenvalue weighted by Gasteiger charge is -2.00. The van der Waals surface area contributed by atoms with Crippen molar-refractivity contribution in [3.05, 3.63) is 0 Å². The molecule has 4 nitrogen and oxygen atoms in total. The molecule has 4 rings (SSSR count). The van der Waals surface area contributed by atoms with E-state index in [1.54, 1.807) is 0 Å². The van der Waals surface area contributed by atoms with Gasteiger partial charge in [-0.05, 0) is 0 Å². The largest absolute Gasteiger partial charge is 0.364 e. The van der Waals surface area contributed by atoms with E-state index >= 15 is 0 Å². The van der Waals surface area contributed by atoms with Crippen molar-refractivity contribution in [2.45, 2.75) is 36.3 Å². The number of rotatable bonds is 0. The van der Waals surface area contributed by atoms with Crippen molar-refractivity contribution in [3.63, 3.8) is 0 Å². The molecule has 6 atom stereocenters. The first-order valence-electron chi connectivity index (χ1n) is 3.52. The molecule has 1 N–H and O–H groups in total. The molecule has 3 heterocycles. The summed E-state index contributed by atoms with van der Waals surface area (Å²) in [6, 6.07) is 0. The van der Waals surface area contributed by atoms with E-state index < -0.39 is 5.79 Å². The number of aliphatic hydroxyl groups is 1. The SMILES string of the molecule is OC12OC1C1OC1C1OC12. The monoisotopic (exact) mass is 142 g/mol. The van der Waals surface area contributed by atoms with Gasteiger partial charge in [-0.15, -0.1) is 0 Å². The van der Waals surface area contributed by atoms with Crippen molar-refractivity contribution in [1.82, 2.24) is 0 Å². The molecule has 0 amide bonds. The second-order valence-electron chi connectivity index (χ2n) is 3.38. The molecule has 4 fully saturated rings. The van der Waals surface area contributed by atoms with E-state index in [0.29, 0.717) is 0 Å². The summed E-state index contributed by atoms with van der Waals surface area (Å²) in [4.78, 5) is 0. The minimum atomic E-state index is -0.956. The zero-order valence-electron chi connectivity index (χ0n) is 5.06. The lowest BCUT2D eigenvalue weighted by Crippen LogP contribution is -2.32. The van der Waals surface area contributed by atoms with Gasteiger partial charge in [-0.25, -0.2) is 0 Å². The summed E-state index contributed by atoms with van der Waals surface area (Å²) in [5.74, 6) is -0.956. The van der Waals surface area contributed by atoms with E-state index in [9.17, 15) is 5.11 Å². The lowest BCUT2D eigenvalue weighted by atomic mass is 9.98. The van der Waals surface area contributed by atoms with Gasteiger partial charge in [-0.3, -0.25) is 0 Å². The lowest BCUT2D eigenvalue weighted by molar-refractivity contribution is 0.0105. The van der Waals surface area contributed by atoms with E-state index in [4.69, 9.17) is 14.2 Å². The van der Waals surface area contributed by atoms with Crippen molar-refractivity contribution < 1.29 is 19.3 Å². The maximum absolute atomic E-state index is 9.53. The highest BCUT2D eigenvalue weighted by Gasteiger charge is 2.84. The van der Waals surface area contributed by atoms with Gasteiger partial charge in [0.15, 0.2) is 0 Å².